The van der Waals surface area contributed by atoms with Gasteiger partial charge < -0.3 is 5.32 Å². The van der Waals surface area contributed by atoms with Crippen molar-refractivity contribution in [2.45, 2.75) is 20.8 Å². The van der Waals surface area contributed by atoms with Crippen LogP contribution in [-0.4, -0.2) is 35.0 Å². The fraction of sp³-hybridized carbons (Fsp3) is 0.500. The van der Waals surface area contributed by atoms with Crippen molar-refractivity contribution in [3.05, 3.63) is 24.3 Å². The van der Waals surface area contributed by atoms with E-state index in [0.29, 0.717) is 0 Å². The molecule has 1 aromatic carbocycles. The Balaban J connectivity index is 2.63. The van der Waals surface area contributed by atoms with E-state index in [1.807, 2.05) is 24.3 Å². The molecule has 0 fully saturated rings. The summed E-state index contributed by atoms with van der Waals surface area (Å²) >= 11 is 7.17. The van der Waals surface area contributed by atoms with Crippen molar-refractivity contribution >= 4 is 34.2 Å². The highest BCUT2D eigenvalue weighted by atomic mass is 32.2. The van der Waals surface area contributed by atoms with Gasteiger partial charge in [-0.3, -0.25) is 8.63 Å². The molecule has 0 amide bonds. The van der Waals surface area contributed by atoms with Crippen LogP contribution >= 0.6 is 24.2 Å². The van der Waals surface area contributed by atoms with Gasteiger partial charge in [0.15, 0.2) is 4.32 Å². The number of nitrogens with zero attached hydrogens (tertiary/aromatic N) is 1. The smallest absolute Gasteiger partial charge is 0.337 e. The van der Waals surface area contributed by atoms with Crippen molar-refractivity contribution in [2.24, 2.45) is 0 Å². The van der Waals surface area contributed by atoms with Crippen LogP contribution < -0.4 is 10.1 Å². The number of benzene rings is 1. The summed E-state index contributed by atoms with van der Waals surface area (Å²) in [5, 5.41) is 3.27. The predicted octanol–water partition coefficient (Wildman–Crippen LogP) is 3.92. The maximum atomic E-state index is 5.45. The van der Waals surface area contributed by atoms with Crippen LogP contribution in [0.4, 0.5) is 5.69 Å². The van der Waals surface area contributed by atoms with E-state index in [1.54, 1.807) is 19.1 Å². The van der Waals surface area contributed by atoms with Gasteiger partial charge in [-0.05, 0) is 45.1 Å². The Bertz CT molecular complexity index is 394. The third-order valence-corrected chi connectivity index (χ3v) is 5.10. The summed E-state index contributed by atoms with van der Waals surface area (Å²) in [5.41, 5.74) is 1.000. The molecule has 19 heavy (non-hydrogen) atoms. The lowest BCUT2D eigenvalue weighted by Gasteiger charge is -2.32. The molecule has 0 heterocycles. The summed E-state index contributed by atoms with van der Waals surface area (Å²) in [4.78, 5) is 0. The molecule has 1 radical (unpaired) electrons. The second kappa shape index (κ2) is 7.72. The van der Waals surface area contributed by atoms with Crippen molar-refractivity contribution in [3.63, 3.8) is 0 Å². The Hall–Kier alpha value is -0.780. The number of rotatable bonds is 6. The summed E-state index contributed by atoms with van der Waals surface area (Å²) in [7, 11) is 1.67. The molecule has 1 N–H and O–H groups in total. The summed E-state index contributed by atoms with van der Waals surface area (Å²) in [6.45, 7) is 9.83. The van der Waals surface area contributed by atoms with Gasteiger partial charge in [0.25, 0.3) is 7.11 Å². The molecule has 1 aromatic rings. The van der Waals surface area contributed by atoms with E-state index in [4.69, 9.17) is 17.0 Å². The van der Waals surface area contributed by atoms with Gasteiger partial charge in [0.05, 0.1) is 19.6 Å². The van der Waals surface area contributed by atoms with Gasteiger partial charge in [0.2, 0.25) is 0 Å². The second-order valence-electron chi connectivity index (χ2n) is 4.24. The first-order valence-electron chi connectivity index (χ1n) is 6.59. The van der Waals surface area contributed by atoms with E-state index in [1.165, 1.54) is 0 Å². The van der Waals surface area contributed by atoms with Crippen LogP contribution in [0, 0.1) is 0 Å². The normalized spacial score (nSPS) is 11.2. The number of ether oxygens (including phenoxy) is 1. The number of quaternary nitrogens is 1. The van der Waals surface area contributed by atoms with Gasteiger partial charge in [0.1, 0.15) is 11.9 Å². The van der Waals surface area contributed by atoms with E-state index in [0.717, 1.165) is 39.3 Å². The van der Waals surface area contributed by atoms with Crippen molar-refractivity contribution in [1.82, 2.24) is 0 Å². The lowest BCUT2D eigenvalue weighted by molar-refractivity contribution is -0.788. The van der Waals surface area contributed by atoms with E-state index in [-0.39, 0.29) is 0 Å². The van der Waals surface area contributed by atoms with E-state index < -0.39 is 0 Å². The average Bonchev–Trinajstić information content (AvgIpc) is 2.46. The minimum absolute atomic E-state index is 0.815. The maximum Gasteiger partial charge on any atom is 0.343 e. The SMILES string of the molecule is CC[N+](CC)(CC)SC(=S)Nc1ccc([O+]C)cc1. The highest BCUT2D eigenvalue weighted by Gasteiger charge is 2.25. The number of methoxy groups -OCH3 is 1. The Labute approximate surface area is 126 Å². The van der Waals surface area contributed by atoms with Crippen molar-refractivity contribution < 1.29 is 8.63 Å². The molecule has 0 saturated heterocycles. The fourth-order valence-corrected chi connectivity index (χ4v) is 3.35. The quantitative estimate of drug-likeness (QED) is 0.372. The Morgan fingerprint density at radius 2 is 1.68 bits per heavy atom. The van der Waals surface area contributed by atoms with Gasteiger partial charge in [0, 0.05) is 17.8 Å². The summed E-state index contributed by atoms with van der Waals surface area (Å²) in [6.07, 6.45) is 0. The van der Waals surface area contributed by atoms with Crippen LogP contribution in [0.15, 0.2) is 24.3 Å². The van der Waals surface area contributed by atoms with Crippen molar-refractivity contribution in [1.29, 1.82) is 0 Å². The molecule has 105 valence electrons. The lowest BCUT2D eigenvalue weighted by Crippen LogP contribution is -2.42. The van der Waals surface area contributed by atoms with Gasteiger partial charge in [-0.15, -0.1) is 0 Å². The zero-order chi connectivity index (χ0) is 14.3. The average molecular weight is 299 g/mol. The first-order chi connectivity index (χ1) is 9.09. The van der Waals surface area contributed by atoms with Crippen LogP contribution in [0.1, 0.15) is 20.8 Å². The number of thiocarbonyl (C=S) groups is 1. The molecular formula is C14H23N2OS2+2. The first kappa shape index (κ1) is 16.3. The zero-order valence-electron chi connectivity index (χ0n) is 12.1. The highest BCUT2D eigenvalue weighted by Crippen LogP contribution is 2.25. The van der Waals surface area contributed by atoms with Gasteiger partial charge in [-0.25, -0.2) is 0 Å². The van der Waals surface area contributed by atoms with Gasteiger partial charge >= 0.3 is 5.75 Å². The summed E-state index contributed by atoms with van der Waals surface area (Å²) in [5.74, 6) is 0.852. The van der Waals surface area contributed by atoms with Gasteiger partial charge in [-0.1, -0.05) is 0 Å². The molecule has 0 aliphatic carbocycles. The van der Waals surface area contributed by atoms with E-state index >= 15 is 0 Å². The third-order valence-electron chi connectivity index (χ3n) is 3.34. The molecule has 0 aliphatic rings. The van der Waals surface area contributed by atoms with Crippen LogP contribution in [-0.2, 0) is 0 Å². The van der Waals surface area contributed by atoms with Crippen LogP contribution in [0.25, 0.3) is 0 Å². The maximum absolute atomic E-state index is 5.45. The highest BCUT2D eigenvalue weighted by molar-refractivity contribution is 8.19. The Morgan fingerprint density at radius 1 is 1.16 bits per heavy atom. The first-order valence-corrected chi connectivity index (χ1v) is 7.78. The second-order valence-corrected chi connectivity index (χ2v) is 6.27. The number of anilines is 1. The Kier molecular flexibility index (Phi) is 6.62. The molecule has 1 rings (SSSR count). The Morgan fingerprint density at radius 3 is 2.11 bits per heavy atom. The zero-order valence-corrected chi connectivity index (χ0v) is 13.7. The number of hydrogen-bond donors (Lipinski definition) is 1. The van der Waals surface area contributed by atoms with Crippen molar-refractivity contribution in [2.75, 3.05) is 32.1 Å². The van der Waals surface area contributed by atoms with Gasteiger partial charge in [-0.2, -0.15) is 0 Å². The number of hydrogen-bond acceptors (Lipinski definition) is 3. The van der Waals surface area contributed by atoms with Crippen LogP contribution in [0.5, 0.6) is 5.75 Å². The van der Waals surface area contributed by atoms with Crippen LogP contribution in [0.2, 0.25) is 0 Å². The largest absolute Gasteiger partial charge is 0.343 e. The minimum Gasteiger partial charge on any atom is -0.337 e. The summed E-state index contributed by atoms with van der Waals surface area (Å²) < 4.78 is 6.90. The fourth-order valence-electron chi connectivity index (χ4n) is 1.86. The minimum atomic E-state index is 0.815. The molecule has 3 nitrogen and oxygen atoms in total. The van der Waals surface area contributed by atoms with Crippen molar-refractivity contribution in [3.8, 4) is 5.75 Å². The molecule has 0 atom stereocenters. The standard InChI is InChI=1S/C14H22N2OS2/c1-5-16(6-2,7-3)19-14(18)15-12-8-10-13(17-4)11-9-12/h8-11H,5-7H2,1-4H3/q+1/p+1. The molecule has 0 unspecified atom stereocenters. The monoisotopic (exact) mass is 299 g/mol. The molecule has 0 spiro atoms. The van der Waals surface area contributed by atoms with E-state index in [2.05, 4.69) is 26.1 Å². The molecular weight excluding hydrogens is 276 g/mol. The molecule has 0 aliphatic heterocycles. The topological polar surface area (TPSA) is 23.3 Å². The third kappa shape index (κ3) is 4.67. The lowest BCUT2D eigenvalue weighted by atomic mass is 10.3. The summed E-state index contributed by atoms with van der Waals surface area (Å²) in [6, 6.07) is 7.81. The molecule has 5 heteroatoms. The number of nitrogens with one attached hydrogen (secondary N) is 1. The predicted molar refractivity (Wildman–Crippen MR) is 88.7 cm³/mol. The molecule has 0 aromatic heterocycles. The van der Waals surface area contributed by atoms with E-state index in [9.17, 15) is 0 Å². The molecule has 0 saturated carbocycles. The molecule has 0 bridgehead atoms. The van der Waals surface area contributed by atoms with Crippen LogP contribution in [0.3, 0.4) is 0 Å².